The number of hydrogen-bond donors (Lipinski definition) is 1. The summed E-state index contributed by atoms with van der Waals surface area (Å²) in [6.45, 7) is 1.83. The van der Waals surface area contributed by atoms with Gasteiger partial charge in [-0.25, -0.2) is 9.50 Å². The fourth-order valence-corrected chi connectivity index (χ4v) is 2.29. The number of aromatic nitrogens is 3. The van der Waals surface area contributed by atoms with Gasteiger partial charge in [0.1, 0.15) is 5.82 Å². The van der Waals surface area contributed by atoms with E-state index in [1.807, 2.05) is 30.5 Å². The molecule has 0 saturated heterocycles. The van der Waals surface area contributed by atoms with Crippen LogP contribution in [-0.2, 0) is 0 Å². The van der Waals surface area contributed by atoms with Crippen molar-refractivity contribution in [3.8, 4) is 0 Å². The van der Waals surface area contributed by atoms with Crippen LogP contribution >= 0.6 is 11.3 Å². The molecular formula is C12H10N4OS. The number of amides is 1. The van der Waals surface area contributed by atoms with E-state index in [2.05, 4.69) is 15.4 Å². The van der Waals surface area contributed by atoms with E-state index in [9.17, 15) is 4.79 Å². The zero-order valence-electron chi connectivity index (χ0n) is 9.62. The van der Waals surface area contributed by atoms with Crippen molar-refractivity contribution in [2.45, 2.75) is 6.92 Å². The van der Waals surface area contributed by atoms with E-state index in [-0.39, 0.29) is 5.91 Å². The van der Waals surface area contributed by atoms with E-state index in [1.54, 1.807) is 16.8 Å². The molecule has 0 saturated carbocycles. The average molecular weight is 258 g/mol. The van der Waals surface area contributed by atoms with Gasteiger partial charge in [-0.2, -0.15) is 5.10 Å². The molecule has 18 heavy (non-hydrogen) atoms. The predicted molar refractivity (Wildman–Crippen MR) is 70.0 cm³/mol. The van der Waals surface area contributed by atoms with Gasteiger partial charge in [0.05, 0.1) is 16.8 Å². The number of pyridine rings is 1. The molecule has 90 valence electrons. The van der Waals surface area contributed by atoms with Crippen LogP contribution < -0.4 is 5.32 Å². The minimum Gasteiger partial charge on any atom is -0.320 e. The molecule has 3 aromatic rings. The van der Waals surface area contributed by atoms with Crippen molar-refractivity contribution in [1.82, 2.24) is 14.6 Å². The highest BCUT2D eigenvalue weighted by atomic mass is 32.1. The third-order valence-electron chi connectivity index (χ3n) is 2.44. The van der Waals surface area contributed by atoms with Gasteiger partial charge in [-0.15, -0.1) is 11.3 Å². The molecule has 6 heteroatoms. The maximum absolute atomic E-state index is 11.9. The molecule has 0 fully saturated rings. The molecule has 0 aliphatic carbocycles. The molecule has 3 rings (SSSR count). The molecule has 0 bridgehead atoms. The lowest BCUT2D eigenvalue weighted by Crippen LogP contribution is -2.10. The fourth-order valence-electron chi connectivity index (χ4n) is 1.67. The molecule has 0 aromatic carbocycles. The van der Waals surface area contributed by atoms with Gasteiger partial charge in [-0.3, -0.25) is 4.79 Å². The van der Waals surface area contributed by atoms with Crippen LogP contribution in [0.5, 0.6) is 0 Å². The Balaban J connectivity index is 1.88. The molecule has 1 amide bonds. The lowest BCUT2D eigenvalue weighted by Gasteiger charge is -2.03. The summed E-state index contributed by atoms with van der Waals surface area (Å²) in [5.41, 5.74) is 1.47. The number of rotatable bonds is 2. The zero-order chi connectivity index (χ0) is 12.5. The van der Waals surface area contributed by atoms with Crippen LogP contribution in [0, 0.1) is 6.92 Å². The van der Waals surface area contributed by atoms with Crippen LogP contribution in [0.4, 0.5) is 5.69 Å². The second-order valence-electron chi connectivity index (χ2n) is 3.81. The Bertz CT molecular complexity index is 702. The number of fused-ring (bicyclic) bond motifs is 1. The van der Waals surface area contributed by atoms with Crippen molar-refractivity contribution in [3.05, 3.63) is 46.5 Å². The third-order valence-corrected chi connectivity index (χ3v) is 3.31. The molecule has 5 nitrogen and oxygen atoms in total. The number of nitrogens with zero attached hydrogens (tertiary/aromatic N) is 3. The minimum atomic E-state index is -0.110. The van der Waals surface area contributed by atoms with E-state index in [0.717, 1.165) is 5.65 Å². The number of carbonyl (C=O) groups excluding carboxylic acids is 1. The van der Waals surface area contributed by atoms with Gasteiger partial charge < -0.3 is 5.32 Å². The van der Waals surface area contributed by atoms with E-state index >= 15 is 0 Å². The Hall–Kier alpha value is -2.21. The van der Waals surface area contributed by atoms with Gasteiger partial charge >= 0.3 is 0 Å². The fraction of sp³-hybridized carbons (Fsp3) is 0.0833. The summed E-state index contributed by atoms with van der Waals surface area (Å²) in [6, 6.07) is 7.28. The van der Waals surface area contributed by atoms with E-state index < -0.39 is 0 Å². The van der Waals surface area contributed by atoms with E-state index in [0.29, 0.717) is 16.4 Å². The Morgan fingerprint density at radius 1 is 1.39 bits per heavy atom. The number of aryl methyl sites for hydroxylation is 1. The van der Waals surface area contributed by atoms with Gasteiger partial charge in [0.2, 0.25) is 0 Å². The Morgan fingerprint density at radius 2 is 2.28 bits per heavy atom. The summed E-state index contributed by atoms with van der Waals surface area (Å²) in [6.07, 6.45) is 1.75. The van der Waals surface area contributed by atoms with Gasteiger partial charge in [-0.1, -0.05) is 6.07 Å². The molecular weight excluding hydrogens is 248 g/mol. The van der Waals surface area contributed by atoms with Crippen LogP contribution in [0.25, 0.3) is 5.65 Å². The van der Waals surface area contributed by atoms with Crippen molar-refractivity contribution >= 4 is 28.6 Å². The first-order chi connectivity index (χ1) is 8.72. The summed E-state index contributed by atoms with van der Waals surface area (Å²) >= 11 is 1.41. The summed E-state index contributed by atoms with van der Waals surface area (Å²) in [4.78, 5) is 16.8. The van der Waals surface area contributed by atoms with Crippen molar-refractivity contribution in [3.63, 3.8) is 0 Å². The standard InChI is InChI=1S/C12H10N4OS/c1-8-13-11-5-4-9(7-16(11)15-8)14-12(17)10-3-2-6-18-10/h2-7H,1H3,(H,14,17). The Kier molecular flexibility index (Phi) is 2.56. The molecule has 0 atom stereocenters. The van der Waals surface area contributed by atoms with E-state index in [1.165, 1.54) is 11.3 Å². The van der Waals surface area contributed by atoms with Crippen molar-refractivity contribution in [2.24, 2.45) is 0 Å². The Morgan fingerprint density at radius 3 is 3.06 bits per heavy atom. The highest BCUT2D eigenvalue weighted by molar-refractivity contribution is 7.12. The van der Waals surface area contributed by atoms with Crippen molar-refractivity contribution in [1.29, 1.82) is 0 Å². The van der Waals surface area contributed by atoms with Crippen LogP contribution in [0.15, 0.2) is 35.8 Å². The predicted octanol–water partition coefficient (Wildman–Crippen LogP) is 2.35. The number of carbonyl (C=O) groups is 1. The maximum atomic E-state index is 11.9. The lowest BCUT2D eigenvalue weighted by molar-refractivity contribution is 0.103. The van der Waals surface area contributed by atoms with Crippen molar-refractivity contribution < 1.29 is 4.79 Å². The molecule has 0 aliphatic rings. The quantitative estimate of drug-likeness (QED) is 0.767. The molecule has 0 unspecified atom stereocenters. The van der Waals surface area contributed by atoms with E-state index in [4.69, 9.17) is 0 Å². The average Bonchev–Trinajstić information content (AvgIpc) is 2.95. The number of thiophene rings is 1. The number of anilines is 1. The SMILES string of the molecule is Cc1nc2ccc(NC(=O)c3cccs3)cn2n1. The second-order valence-corrected chi connectivity index (χ2v) is 4.76. The highest BCUT2D eigenvalue weighted by Crippen LogP contribution is 2.14. The molecule has 3 heterocycles. The molecule has 0 spiro atoms. The second kappa shape index (κ2) is 4.23. The van der Waals surface area contributed by atoms with Gasteiger partial charge in [0, 0.05) is 0 Å². The smallest absolute Gasteiger partial charge is 0.265 e. The summed E-state index contributed by atoms with van der Waals surface area (Å²) in [7, 11) is 0. The van der Waals surface area contributed by atoms with Crippen molar-refractivity contribution in [2.75, 3.05) is 5.32 Å². The first kappa shape index (κ1) is 10.9. The summed E-state index contributed by atoms with van der Waals surface area (Å²) < 4.78 is 1.65. The first-order valence-electron chi connectivity index (χ1n) is 5.40. The summed E-state index contributed by atoms with van der Waals surface area (Å²) in [5.74, 6) is 0.595. The largest absolute Gasteiger partial charge is 0.320 e. The minimum absolute atomic E-state index is 0.110. The number of hydrogen-bond acceptors (Lipinski definition) is 4. The molecule has 0 aliphatic heterocycles. The topological polar surface area (TPSA) is 59.3 Å². The first-order valence-corrected chi connectivity index (χ1v) is 6.28. The van der Waals surface area contributed by atoms with Gasteiger partial charge in [0.25, 0.3) is 5.91 Å². The lowest BCUT2D eigenvalue weighted by atomic mass is 10.4. The van der Waals surface area contributed by atoms with Crippen LogP contribution in [0.3, 0.4) is 0 Å². The Labute approximate surface area is 107 Å². The van der Waals surface area contributed by atoms with Gasteiger partial charge in [-0.05, 0) is 30.5 Å². The summed E-state index contributed by atoms with van der Waals surface area (Å²) in [5, 5.41) is 8.90. The molecule has 3 aromatic heterocycles. The maximum Gasteiger partial charge on any atom is 0.265 e. The zero-order valence-corrected chi connectivity index (χ0v) is 10.4. The van der Waals surface area contributed by atoms with Crippen LogP contribution in [0.2, 0.25) is 0 Å². The molecule has 1 N–H and O–H groups in total. The monoisotopic (exact) mass is 258 g/mol. The highest BCUT2D eigenvalue weighted by Gasteiger charge is 2.07. The number of nitrogens with one attached hydrogen (secondary N) is 1. The molecule has 0 radical (unpaired) electrons. The van der Waals surface area contributed by atoms with Crippen LogP contribution in [-0.4, -0.2) is 20.5 Å². The van der Waals surface area contributed by atoms with Gasteiger partial charge in [0.15, 0.2) is 5.65 Å². The normalized spacial score (nSPS) is 10.7. The van der Waals surface area contributed by atoms with Crippen LogP contribution in [0.1, 0.15) is 15.5 Å². The third kappa shape index (κ3) is 1.98.